The van der Waals surface area contributed by atoms with E-state index in [4.69, 9.17) is 24.7 Å². The second kappa shape index (κ2) is 9.84. The lowest BCUT2D eigenvalue weighted by Crippen LogP contribution is -2.38. The zero-order chi connectivity index (χ0) is 22.7. The molecular formula is C21H29N5O5S. The second-order valence-electron chi connectivity index (χ2n) is 8.33. The van der Waals surface area contributed by atoms with E-state index in [9.17, 15) is 4.79 Å². The predicted molar refractivity (Wildman–Crippen MR) is 118 cm³/mol. The van der Waals surface area contributed by atoms with Crippen LogP contribution in [0.1, 0.15) is 20.3 Å². The van der Waals surface area contributed by atoms with Crippen LogP contribution in [0.4, 0.5) is 0 Å². The molecule has 0 bridgehead atoms. The zero-order valence-corrected chi connectivity index (χ0v) is 19.2. The summed E-state index contributed by atoms with van der Waals surface area (Å²) in [6.07, 6.45) is 0.965. The van der Waals surface area contributed by atoms with Crippen molar-refractivity contribution in [3.05, 3.63) is 30.3 Å². The van der Waals surface area contributed by atoms with Gasteiger partial charge in [0.05, 0.1) is 6.54 Å². The summed E-state index contributed by atoms with van der Waals surface area (Å²) in [7, 11) is 0. The van der Waals surface area contributed by atoms with Gasteiger partial charge in [0, 0.05) is 5.56 Å². The van der Waals surface area contributed by atoms with E-state index in [1.807, 2.05) is 50.4 Å². The SMILES string of the molecule is CSCC[C@H](N)C(=O)OC[C@H]1O[C@@H](Cn2nnc(-c3ccccc3)n2)[C@@H]2OC(C)(C)O[C@@H]21. The van der Waals surface area contributed by atoms with Gasteiger partial charge in [0.2, 0.25) is 5.82 Å². The maximum atomic E-state index is 12.2. The van der Waals surface area contributed by atoms with Crippen molar-refractivity contribution < 1.29 is 23.7 Å². The Morgan fingerprint density at radius 1 is 1.25 bits per heavy atom. The molecule has 32 heavy (non-hydrogen) atoms. The van der Waals surface area contributed by atoms with Gasteiger partial charge in [-0.05, 0) is 37.5 Å². The third kappa shape index (κ3) is 5.29. The van der Waals surface area contributed by atoms with Crippen molar-refractivity contribution in [3.8, 4) is 11.4 Å². The Kier molecular flexibility index (Phi) is 7.11. The van der Waals surface area contributed by atoms with Crippen molar-refractivity contribution in [2.75, 3.05) is 18.6 Å². The Hall–Kier alpha value is -2.05. The van der Waals surface area contributed by atoms with Gasteiger partial charge >= 0.3 is 5.97 Å². The van der Waals surface area contributed by atoms with Crippen LogP contribution in [-0.2, 0) is 30.3 Å². The van der Waals surface area contributed by atoms with Crippen molar-refractivity contribution in [2.24, 2.45) is 5.73 Å². The minimum absolute atomic E-state index is 0.0446. The molecule has 2 aliphatic heterocycles. The van der Waals surface area contributed by atoms with Gasteiger partial charge in [-0.25, -0.2) is 0 Å². The molecule has 1 aromatic heterocycles. The average molecular weight is 464 g/mol. The minimum Gasteiger partial charge on any atom is -0.462 e. The smallest absolute Gasteiger partial charge is 0.323 e. The Morgan fingerprint density at radius 3 is 2.69 bits per heavy atom. The van der Waals surface area contributed by atoms with E-state index < -0.39 is 23.9 Å². The number of carbonyl (C=O) groups excluding carboxylic acids is 1. The first-order valence-electron chi connectivity index (χ1n) is 10.6. The van der Waals surface area contributed by atoms with Crippen LogP contribution in [0.2, 0.25) is 0 Å². The number of esters is 1. The molecule has 2 N–H and O–H groups in total. The number of fused-ring (bicyclic) bond motifs is 1. The van der Waals surface area contributed by atoms with Crippen molar-refractivity contribution in [1.82, 2.24) is 20.2 Å². The van der Waals surface area contributed by atoms with Gasteiger partial charge < -0.3 is 24.7 Å². The predicted octanol–water partition coefficient (Wildman–Crippen LogP) is 1.25. The largest absolute Gasteiger partial charge is 0.462 e. The Balaban J connectivity index is 1.40. The summed E-state index contributed by atoms with van der Waals surface area (Å²) in [6.45, 7) is 4.08. The lowest BCUT2D eigenvalue weighted by molar-refractivity contribution is -0.194. The van der Waals surface area contributed by atoms with Crippen LogP contribution in [-0.4, -0.2) is 81.0 Å². The molecule has 1 aromatic carbocycles. The van der Waals surface area contributed by atoms with Gasteiger partial charge in [0.1, 0.15) is 37.1 Å². The van der Waals surface area contributed by atoms with Gasteiger partial charge in [-0.2, -0.15) is 16.6 Å². The highest BCUT2D eigenvalue weighted by Gasteiger charge is 2.55. The van der Waals surface area contributed by atoms with Crippen LogP contribution in [0, 0.1) is 0 Å². The number of benzene rings is 1. The molecule has 2 aliphatic rings. The molecular weight excluding hydrogens is 434 g/mol. The topological polar surface area (TPSA) is 124 Å². The summed E-state index contributed by atoms with van der Waals surface area (Å²) < 4.78 is 23.7. The fraction of sp³-hybridized carbons (Fsp3) is 0.619. The third-order valence-corrected chi connectivity index (χ3v) is 6.04. The Labute approximate surface area is 191 Å². The van der Waals surface area contributed by atoms with Crippen molar-refractivity contribution in [3.63, 3.8) is 0 Å². The fourth-order valence-electron chi connectivity index (χ4n) is 3.87. The molecule has 4 rings (SSSR count). The summed E-state index contributed by atoms with van der Waals surface area (Å²) in [5.41, 5.74) is 6.79. The summed E-state index contributed by atoms with van der Waals surface area (Å²) in [5, 5.41) is 12.7. The summed E-state index contributed by atoms with van der Waals surface area (Å²) in [5.74, 6) is 0.128. The lowest BCUT2D eigenvalue weighted by atomic mass is 10.1. The van der Waals surface area contributed by atoms with Crippen LogP contribution >= 0.6 is 11.8 Å². The second-order valence-corrected chi connectivity index (χ2v) is 9.32. The number of thioether (sulfide) groups is 1. The van der Waals surface area contributed by atoms with Crippen LogP contribution in [0.5, 0.6) is 0 Å². The maximum absolute atomic E-state index is 12.2. The lowest BCUT2D eigenvalue weighted by Gasteiger charge is -2.24. The van der Waals surface area contributed by atoms with E-state index in [-0.39, 0.29) is 24.9 Å². The zero-order valence-electron chi connectivity index (χ0n) is 18.4. The first kappa shape index (κ1) is 23.1. The van der Waals surface area contributed by atoms with E-state index in [1.54, 1.807) is 11.8 Å². The molecule has 2 saturated heterocycles. The molecule has 0 aliphatic carbocycles. The van der Waals surface area contributed by atoms with Gasteiger partial charge in [-0.1, -0.05) is 30.3 Å². The van der Waals surface area contributed by atoms with Crippen LogP contribution in [0.25, 0.3) is 11.4 Å². The molecule has 0 amide bonds. The van der Waals surface area contributed by atoms with Crippen molar-refractivity contribution in [2.45, 2.75) is 63.1 Å². The Bertz CT molecular complexity index is 911. The van der Waals surface area contributed by atoms with Crippen LogP contribution < -0.4 is 5.73 Å². The van der Waals surface area contributed by atoms with E-state index in [0.717, 1.165) is 11.3 Å². The van der Waals surface area contributed by atoms with Gasteiger partial charge in [-0.15, -0.1) is 10.2 Å². The van der Waals surface area contributed by atoms with Crippen molar-refractivity contribution >= 4 is 17.7 Å². The number of hydrogen-bond donors (Lipinski definition) is 1. The number of nitrogens with two attached hydrogens (primary N) is 1. The van der Waals surface area contributed by atoms with E-state index in [1.165, 1.54) is 4.80 Å². The first-order valence-corrected chi connectivity index (χ1v) is 12.0. The number of carbonyl (C=O) groups is 1. The normalized spacial score (nSPS) is 27.2. The highest BCUT2D eigenvalue weighted by Crippen LogP contribution is 2.39. The molecule has 5 atom stereocenters. The molecule has 174 valence electrons. The average Bonchev–Trinajstić information content (AvgIpc) is 3.45. The fourth-order valence-corrected chi connectivity index (χ4v) is 4.36. The molecule has 3 heterocycles. The number of hydrogen-bond acceptors (Lipinski definition) is 10. The summed E-state index contributed by atoms with van der Waals surface area (Å²) in [4.78, 5) is 13.7. The molecule has 0 saturated carbocycles. The third-order valence-electron chi connectivity index (χ3n) is 5.40. The summed E-state index contributed by atoms with van der Waals surface area (Å²) in [6, 6.07) is 8.98. The molecule has 0 unspecified atom stereocenters. The number of aromatic nitrogens is 4. The monoisotopic (exact) mass is 463 g/mol. The van der Waals surface area contributed by atoms with Gasteiger partial charge in [-0.3, -0.25) is 4.79 Å². The van der Waals surface area contributed by atoms with Gasteiger partial charge in [0.25, 0.3) is 0 Å². The number of ether oxygens (including phenoxy) is 4. The molecule has 0 radical (unpaired) electrons. The van der Waals surface area contributed by atoms with E-state index in [2.05, 4.69) is 15.4 Å². The standard InChI is InChI=1S/C21H29N5O5S/c1-21(2)30-17-15(11-26-24-19(23-25-26)13-7-5-4-6-8-13)29-16(18(17)31-21)12-28-20(27)14(22)9-10-32-3/h4-8,14-18H,9-12,22H2,1-3H3/t14-,15-,16+,17-,18+/m0/s1. The molecule has 0 spiro atoms. The number of tetrazole rings is 1. The molecule has 2 fully saturated rings. The minimum atomic E-state index is -0.765. The number of nitrogens with zero attached hydrogens (tertiary/aromatic N) is 4. The first-order chi connectivity index (χ1) is 15.4. The van der Waals surface area contributed by atoms with E-state index in [0.29, 0.717) is 18.8 Å². The maximum Gasteiger partial charge on any atom is 0.323 e. The van der Waals surface area contributed by atoms with Crippen LogP contribution in [0.3, 0.4) is 0 Å². The molecule has 10 nitrogen and oxygen atoms in total. The van der Waals surface area contributed by atoms with Crippen molar-refractivity contribution in [1.29, 1.82) is 0 Å². The number of rotatable bonds is 9. The molecule has 2 aromatic rings. The van der Waals surface area contributed by atoms with E-state index >= 15 is 0 Å². The summed E-state index contributed by atoms with van der Waals surface area (Å²) >= 11 is 1.64. The highest BCUT2D eigenvalue weighted by molar-refractivity contribution is 7.98. The quantitative estimate of drug-likeness (QED) is 0.543. The van der Waals surface area contributed by atoms with Gasteiger partial charge in [0.15, 0.2) is 5.79 Å². The van der Waals surface area contributed by atoms with Crippen LogP contribution in [0.15, 0.2) is 30.3 Å². The molecule has 11 heteroatoms. The Morgan fingerprint density at radius 2 is 1.97 bits per heavy atom. The highest BCUT2D eigenvalue weighted by atomic mass is 32.2.